The van der Waals surface area contributed by atoms with Gasteiger partial charge in [0.15, 0.2) is 0 Å². The maximum atomic E-state index is 6.17. The van der Waals surface area contributed by atoms with Crippen LogP contribution in [-0.2, 0) is 17.8 Å². The van der Waals surface area contributed by atoms with Crippen LogP contribution in [0.25, 0.3) is 21.3 Å². The summed E-state index contributed by atoms with van der Waals surface area (Å²) in [5.74, 6) is 1.83. The lowest BCUT2D eigenvalue weighted by Gasteiger charge is -2.26. The van der Waals surface area contributed by atoms with Crippen molar-refractivity contribution in [3.05, 3.63) is 62.9 Å². The number of aromatic nitrogens is 2. The number of benzene rings is 1. The summed E-state index contributed by atoms with van der Waals surface area (Å²) in [4.78, 5) is 16.8. The molecule has 31 heavy (non-hydrogen) atoms. The first-order valence-electron chi connectivity index (χ1n) is 10.3. The number of hydrogen-bond acceptors (Lipinski definition) is 7. The molecule has 3 aromatic heterocycles. The molecule has 1 saturated heterocycles. The van der Waals surface area contributed by atoms with E-state index in [4.69, 9.17) is 26.3 Å². The summed E-state index contributed by atoms with van der Waals surface area (Å²) in [5, 5.41) is 3.32. The smallest absolute Gasteiger partial charge is 0.146 e. The van der Waals surface area contributed by atoms with Crippen molar-refractivity contribution >= 4 is 50.3 Å². The number of anilines is 1. The van der Waals surface area contributed by atoms with Gasteiger partial charge in [-0.25, -0.2) is 9.97 Å². The van der Waals surface area contributed by atoms with Crippen LogP contribution in [0.5, 0.6) is 0 Å². The Morgan fingerprint density at radius 1 is 1.10 bits per heavy atom. The maximum absolute atomic E-state index is 6.17. The highest BCUT2D eigenvalue weighted by Gasteiger charge is 2.20. The average Bonchev–Trinajstić information content (AvgIpc) is 3.40. The first kappa shape index (κ1) is 20.8. The topological polar surface area (TPSA) is 41.5 Å². The fourth-order valence-electron chi connectivity index (χ4n) is 3.85. The lowest BCUT2D eigenvalue weighted by molar-refractivity contribution is 0.0331. The SMILES string of the molecule is CN(Cc1ccc(Cl)s1)c1nc(CN2CCOCC2)nc2scc(-c3ccccc3)c12. The van der Waals surface area contributed by atoms with Gasteiger partial charge < -0.3 is 9.64 Å². The van der Waals surface area contributed by atoms with E-state index < -0.39 is 0 Å². The highest BCUT2D eigenvalue weighted by atomic mass is 35.5. The van der Waals surface area contributed by atoms with Gasteiger partial charge in [0.05, 0.1) is 36.0 Å². The van der Waals surface area contributed by atoms with Crippen molar-refractivity contribution in [3.8, 4) is 11.1 Å². The minimum Gasteiger partial charge on any atom is -0.379 e. The number of nitrogens with zero attached hydrogens (tertiary/aromatic N) is 4. The minimum atomic E-state index is 0.740. The molecule has 0 saturated carbocycles. The van der Waals surface area contributed by atoms with Crippen LogP contribution >= 0.6 is 34.3 Å². The van der Waals surface area contributed by atoms with Crippen molar-refractivity contribution in [2.45, 2.75) is 13.1 Å². The fraction of sp³-hybridized carbons (Fsp3) is 0.304. The molecule has 1 fully saturated rings. The minimum absolute atomic E-state index is 0.740. The number of morpholine rings is 1. The lowest BCUT2D eigenvalue weighted by atomic mass is 10.1. The molecular weight excluding hydrogens is 448 g/mol. The summed E-state index contributed by atoms with van der Waals surface area (Å²) < 4.78 is 6.30. The standard InChI is InChI=1S/C23H23ClN4OS2/c1-27(13-17-7-8-19(24)31-17)22-21-18(16-5-3-2-4-6-16)15-30-23(21)26-20(25-22)14-28-9-11-29-12-10-28/h2-8,15H,9-14H2,1H3. The van der Waals surface area contributed by atoms with E-state index in [1.54, 1.807) is 22.7 Å². The molecule has 160 valence electrons. The molecule has 0 atom stereocenters. The Balaban J connectivity index is 1.56. The molecule has 0 unspecified atom stereocenters. The Kier molecular flexibility index (Phi) is 6.20. The van der Waals surface area contributed by atoms with Crippen LogP contribution in [0.2, 0.25) is 4.34 Å². The Morgan fingerprint density at radius 2 is 1.90 bits per heavy atom. The summed E-state index contributed by atoms with van der Waals surface area (Å²) >= 11 is 9.47. The fourth-order valence-corrected chi connectivity index (χ4v) is 5.95. The largest absolute Gasteiger partial charge is 0.379 e. The predicted molar refractivity (Wildman–Crippen MR) is 130 cm³/mol. The Labute approximate surface area is 194 Å². The van der Waals surface area contributed by atoms with Crippen molar-refractivity contribution in [3.63, 3.8) is 0 Å². The van der Waals surface area contributed by atoms with Gasteiger partial charge in [0.2, 0.25) is 0 Å². The zero-order chi connectivity index (χ0) is 21.2. The van der Waals surface area contributed by atoms with Crippen LogP contribution in [0, 0.1) is 0 Å². The maximum Gasteiger partial charge on any atom is 0.146 e. The predicted octanol–water partition coefficient (Wildman–Crippen LogP) is 5.54. The molecule has 4 aromatic rings. The van der Waals surface area contributed by atoms with Crippen LogP contribution in [0.4, 0.5) is 5.82 Å². The van der Waals surface area contributed by atoms with Gasteiger partial charge >= 0.3 is 0 Å². The molecule has 0 N–H and O–H groups in total. The third kappa shape index (κ3) is 4.61. The zero-order valence-corrected chi connectivity index (χ0v) is 19.6. The number of rotatable bonds is 6. The molecule has 0 bridgehead atoms. The van der Waals surface area contributed by atoms with Crippen LogP contribution < -0.4 is 4.90 Å². The van der Waals surface area contributed by atoms with Gasteiger partial charge in [-0.2, -0.15) is 0 Å². The first-order valence-corrected chi connectivity index (χ1v) is 12.3. The molecule has 0 aliphatic carbocycles. The highest BCUT2D eigenvalue weighted by molar-refractivity contribution is 7.17. The molecule has 5 nitrogen and oxygen atoms in total. The van der Waals surface area contributed by atoms with Crippen molar-refractivity contribution < 1.29 is 4.74 Å². The molecule has 1 aliphatic heterocycles. The van der Waals surface area contributed by atoms with Gasteiger partial charge in [-0.1, -0.05) is 41.9 Å². The van der Waals surface area contributed by atoms with Crippen molar-refractivity contribution in [2.75, 3.05) is 38.3 Å². The lowest BCUT2D eigenvalue weighted by Crippen LogP contribution is -2.36. The number of hydrogen-bond donors (Lipinski definition) is 0. The Morgan fingerprint density at radius 3 is 2.65 bits per heavy atom. The van der Waals surface area contributed by atoms with Gasteiger partial charge in [-0.05, 0) is 17.7 Å². The van der Waals surface area contributed by atoms with E-state index >= 15 is 0 Å². The monoisotopic (exact) mass is 470 g/mol. The number of ether oxygens (including phenoxy) is 1. The summed E-state index contributed by atoms with van der Waals surface area (Å²) in [5.41, 5.74) is 2.37. The highest BCUT2D eigenvalue weighted by Crippen LogP contribution is 2.38. The second-order valence-electron chi connectivity index (χ2n) is 7.61. The van der Waals surface area contributed by atoms with E-state index in [1.807, 2.05) is 12.1 Å². The van der Waals surface area contributed by atoms with Crippen LogP contribution in [-0.4, -0.2) is 48.2 Å². The molecule has 0 amide bonds. The molecule has 0 spiro atoms. The Hall–Kier alpha value is -2.03. The van der Waals surface area contributed by atoms with Gasteiger partial charge in [-0.15, -0.1) is 22.7 Å². The quantitative estimate of drug-likeness (QED) is 0.370. The second kappa shape index (κ2) is 9.22. The summed E-state index contributed by atoms with van der Waals surface area (Å²) in [7, 11) is 2.10. The van der Waals surface area contributed by atoms with E-state index in [0.717, 1.165) is 65.6 Å². The van der Waals surface area contributed by atoms with Gasteiger partial charge in [0.1, 0.15) is 16.5 Å². The summed E-state index contributed by atoms with van der Waals surface area (Å²) in [6.45, 7) is 4.87. The number of halogens is 1. The molecule has 5 rings (SSSR count). The third-order valence-corrected chi connectivity index (χ3v) is 7.49. The van der Waals surface area contributed by atoms with Crippen LogP contribution in [0.3, 0.4) is 0 Å². The summed E-state index contributed by atoms with van der Waals surface area (Å²) in [6.07, 6.45) is 0. The zero-order valence-electron chi connectivity index (χ0n) is 17.3. The van der Waals surface area contributed by atoms with E-state index in [9.17, 15) is 0 Å². The van der Waals surface area contributed by atoms with E-state index in [0.29, 0.717) is 0 Å². The van der Waals surface area contributed by atoms with E-state index in [-0.39, 0.29) is 0 Å². The van der Waals surface area contributed by atoms with Gasteiger partial charge in [0, 0.05) is 36.0 Å². The molecule has 1 aromatic carbocycles. The average molecular weight is 471 g/mol. The van der Waals surface area contributed by atoms with Crippen LogP contribution in [0.15, 0.2) is 47.8 Å². The van der Waals surface area contributed by atoms with E-state index in [2.05, 4.69) is 52.6 Å². The number of fused-ring (bicyclic) bond motifs is 1. The van der Waals surface area contributed by atoms with Gasteiger partial charge in [0.25, 0.3) is 0 Å². The van der Waals surface area contributed by atoms with Crippen molar-refractivity contribution in [1.82, 2.24) is 14.9 Å². The van der Waals surface area contributed by atoms with Crippen LogP contribution in [0.1, 0.15) is 10.7 Å². The molecule has 1 aliphatic rings. The molecule has 4 heterocycles. The third-order valence-electron chi connectivity index (χ3n) is 5.40. The van der Waals surface area contributed by atoms with Crippen molar-refractivity contribution in [1.29, 1.82) is 0 Å². The second-order valence-corrected chi connectivity index (χ2v) is 10.3. The summed E-state index contributed by atoms with van der Waals surface area (Å²) in [6, 6.07) is 14.5. The first-order chi connectivity index (χ1) is 15.2. The number of thiophene rings is 2. The Bertz CT molecular complexity index is 1170. The van der Waals surface area contributed by atoms with Gasteiger partial charge in [-0.3, -0.25) is 4.90 Å². The molecule has 8 heteroatoms. The van der Waals surface area contributed by atoms with Crippen molar-refractivity contribution in [2.24, 2.45) is 0 Å². The molecule has 0 radical (unpaired) electrons. The van der Waals surface area contributed by atoms with E-state index in [1.165, 1.54) is 16.0 Å². The molecular formula is C23H23ClN4OS2. The normalized spacial score (nSPS) is 14.9.